The van der Waals surface area contributed by atoms with Gasteiger partial charge in [0.2, 0.25) is 0 Å². The molecule has 1 heteroatoms. The maximum absolute atomic E-state index is 8.96. The van der Waals surface area contributed by atoms with E-state index in [1.807, 2.05) is 6.92 Å². The normalized spacial score (nSPS) is 11.9. The third-order valence-electron chi connectivity index (χ3n) is 3.93. The summed E-state index contributed by atoms with van der Waals surface area (Å²) in [6.45, 7) is 8.64. The molecule has 0 aromatic rings. The van der Waals surface area contributed by atoms with Crippen LogP contribution < -0.4 is 0 Å². The second-order valence-corrected chi connectivity index (χ2v) is 6.53. The molecular formula is C20H44O. The van der Waals surface area contributed by atoms with Crippen molar-refractivity contribution in [3.8, 4) is 0 Å². The number of aliphatic hydroxyl groups is 1. The van der Waals surface area contributed by atoms with E-state index in [-0.39, 0.29) is 6.10 Å². The maximum atomic E-state index is 8.96. The molecule has 1 atom stereocenters. The van der Waals surface area contributed by atoms with Gasteiger partial charge in [-0.05, 0) is 13.3 Å². The second-order valence-electron chi connectivity index (χ2n) is 6.53. The van der Waals surface area contributed by atoms with Gasteiger partial charge in [-0.25, -0.2) is 0 Å². The molecule has 0 bridgehead atoms. The van der Waals surface area contributed by atoms with Crippen LogP contribution in [0.25, 0.3) is 0 Å². The zero-order chi connectivity index (χ0) is 16.2. The van der Waals surface area contributed by atoms with E-state index in [1.165, 1.54) is 89.9 Å². The summed E-state index contributed by atoms with van der Waals surface area (Å²) in [4.78, 5) is 0. The highest BCUT2D eigenvalue weighted by Crippen LogP contribution is 2.08. The van der Waals surface area contributed by atoms with Crippen molar-refractivity contribution in [1.29, 1.82) is 0 Å². The maximum Gasteiger partial charge on any atom is 0.0512 e. The van der Waals surface area contributed by atoms with Crippen molar-refractivity contribution in [3.05, 3.63) is 0 Å². The van der Waals surface area contributed by atoms with Crippen LogP contribution in [0.1, 0.15) is 124 Å². The summed E-state index contributed by atoms with van der Waals surface area (Å²) in [5, 5.41) is 8.96. The van der Waals surface area contributed by atoms with Crippen molar-refractivity contribution < 1.29 is 5.11 Å². The van der Waals surface area contributed by atoms with Crippen LogP contribution in [0.2, 0.25) is 0 Å². The van der Waals surface area contributed by atoms with Crippen LogP contribution in [-0.4, -0.2) is 11.2 Å². The SMILES string of the molecule is CCCCCCCCC(C)O.CCCCCCCCCC. The first-order chi connectivity index (χ1) is 10.2. The third-order valence-corrected chi connectivity index (χ3v) is 3.93. The van der Waals surface area contributed by atoms with Gasteiger partial charge >= 0.3 is 0 Å². The fourth-order valence-electron chi connectivity index (χ4n) is 2.43. The van der Waals surface area contributed by atoms with Crippen molar-refractivity contribution in [3.63, 3.8) is 0 Å². The highest BCUT2D eigenvalue weighted by molar-refractivity contribution is 4.49. The highest BCUT2D eigenvalue weighted by atomic mass is 16.3. The van der Waals surface area contributed by atoms with Crippen molar-refractivity contribution in [2.75, 3.05) is 0 Å². The Labute approximate surface area is 135 Å². The second kappa shape index (κ2) is 22.2. The lowest BCUT2D eigenvalue weighted by Gasteiger charge is -2.02. The number of hydrogen-bond acceptors (Lipinski definition) is 1. The topological polar surface area (TPSA) is 20.2 Å². The largest absolute Gasteiger partial charge is 0.393 e. The van der Waals surface area contributed by atoms with Gasteiger partial charge in [-0.1, -0.05) is 111 Å². The van der Waals surface area contributed by atoms with E-state index in [0.29, 0.717) is 0 Å². The van der Waals surface area contributed by atoms with Crippen molar-refractivity contribution in [1.82, 2.24) is 0 Å². The molecule has 1 unspecified atom stereocenters. The van der Waals surface area contributed by atoms with Gasteiger partial charge in [0, 0.05) is 0 Å². The van der Waals surface area contributed by atoms with Gasteiger partial charge in [0.05, 0.1) is 6.10 Å². The van der Waals surface area contributed by atoms with Crippen LogP contribution in [0.15, 0.2) is 0 Å². The minimum atomic E-state index is -0.0961. The molecule has 21 heavy (non-hydrogen) atoms. The minimum absolute atomic E-state index is 0.0961. The molecule has 0 rings (SSSR count). The molecule has 0 saturated heterocycles. The Kier molecular flexibility index (Phi) is 24.6. The molecule has 0 aromatic heterocycles. The summed E-state index contributed by atoms with van der Waals surface area (Å²) in [6.07, 6.45) is 20.2. The van der Waals surface area contributed by atoms with Crippen LogP contribution in [0.5, 0.6) is 0 Å². The van der Waals surface area contributed by atoms with Gasteiger partial charge in [0.1, 0.15) is 0 Å². The van der Waals surface area contributed by atoms with Crippen LogP contribution in [0.4, 0.5) is 0 Å². The Morgan fingerprint density at radius 1 is 0.524 bits per heavy atom. The standard InChI is InChI=1S/C10H22O.C10H22/c1-3-4-5-6-7-8-9-10(2)11;1-3-5-7-9-10-8-6-4-2/h10-11H,3-9H2,1-2H3;3-10H2,1-2H3. The molecule has 0 saturated carbocycles. The fraction of sp³-hybridized carbons (Fsp3) is 1.00. The Bertz CT molecular complexity index is 146. The summed E-state index contributed by atoms with van der Waals surface area (Å²) in [5.74, 6) is 0. The van der Waals surface area contributed by atoms with Crippen LogP contribution in [-0.2, 0) is 0 Å². The van der Waals surface area contributed by atoms with Crippen molar-refractivity contribution in [2.45, 2.75) is 130 Å². The first-order valence-electron chi connectivity index (χ1n) is 9.87. The Balaban J connectivity index is 0. The van der Waals surface area contributed by atoms with E-state index < -0.39 is 0 Å². The first kappa shape index (κ1) is 23.2. The van der Waals surface area contributed by atoms with E-state index in [0.717, 1.165) is 6.42 Å². The van der Waals surface area contributed by atoms with Gasteiger partial charge < -0.3 is 5.11 Å². The molecule has 0 aliphatic rings. The molecule has 130 valence electrons. The fourth-order valence-corrected chi connectivity index (χ4v) is 2.43. The Hall–Kier alpha value is -0.0400. The average Bonchev–Trinajstić information content (AvgIpc) is 2.47. The summed E-state index contributed by atoms with van der Waals surface area (Å²) < 4.78 is 0. The lowest BCUT2D eigenvalue weighted by molar-refractivity contribution is 0.180. The zero-order valence-electron chi connectivity index (χ0n) is 15.6. The minimum Gasteiger partial charge on any atom is -0.393 e. The molecule has 0 aliphatic heterocycles. The van der Waals surface area contributed by atoms with Crippen LogP contribution >= 0.6 is 0 Å². The summed E-state index contributed by atoms with van der Waals surface area (Å²) in [7, 11) is 0. The van der Waals surface area contributed by atoms with Crippen LogP contribution in [0.3, 0.4) is 0 Å². The van der Waals surface area contributed by atoms with E-state index in [9.17, 15) is 0 Å². The van der Waals surface area contributed by atoms with E-state index in [4.69, 9.17) is 5.11 Å². The van der Waals surface area contributed by atoms with E-state index in [1.54, 1.807) is 0 Å². The molecule has 0 fully saturated rings. The molecule has 1 nitrogen and oxygen atoms in total. The molecule has 0 spiro atoms. The lowest BCUT2D eigenvalue weighted by atomic mass is 10.1. The molecule has 0 aliphatic carbocycles. The zero-order valence-corrected chi connectivity index (χ0v) is 15.6. The Morgan fingerprint density at radius 3 is 1.10 bits per heavy atom. The molecule has 0 aromatic carbocycles. The number of rotatable bonds is 14. The van der Waals surface area contributed by atoms with Gasteiger partial charge in [0.25, 0.3) is 0 Å². The monoisotopic (exact) mass is 300 g/mol. The number of aliphatic hydroxyl groups excluding tert-OH is 1. The summed E-state index contributed by atoms with van der Waals surface area (Å²) in [6, 6.07) is 0. The molecule has 0 amide bonds. The predicted molar refractivity (Wildman–Crippen MR) is 98.0 cm³/mol. The van der Waals surface area contributed by atoms with Gasteiger partial charge in [0.15, 0.2) is 0 Å². The molecule has 1 N–H and O–H groups in total. The average molecular weight is 301 g/mol. The van der Waals surface area contributed by atoms with Crippen molar-refractivity contribution >= 4 is 0 Å². The predicted octanol–water partition coefficient (Wildman–Crippen LogP) is 7.26. The molecule has 0 heterocycles. The highest BCUT2D eigenvalue weighted by Gasteiger charge is 1.94. The van der Waals surface area contributed by atoms with Gasteiger partial charge in [-0.15, -0.1) is 0 Å². The van der Waals surface area contributed by atoms with Crippen LogP contribution in [0, 0.1) is 0 Å². The third kappa shape index (κ3) is 28.8. The van der Waals surface area contributed by atoms with E-state index >= 15 is 0 Å². The number of unbranched alkanes of at least 4 members (excludes halogenated alkanes) is 12. The summed E-state index contributed by atoms with van der Waals surface area (Å²) >= 11 is 0. The van der Waals surface area contributed by atoms with Gasteiger partial charge in [-0.2, -0.15) is 0 Å². The Morgan fingerprint density at radius 2 is 0.810 bits per heavy atom. The van der Waals surface area contributed by atoms with Crippen molar-refractivity contribution in [2.24, 2.45) is 0 Å². The first-order valence-corrected chi connectivity index (χ1v) is 9.87. The lowest BCUT2D eigenvalue weighted by Crippen LogP contribution is -1.98. The summed E-state index contributed by atoms with van der Waals surface area (Å²) in [5.41, 5.74) is 0. The smallest absolute Gasteiger partial charge is 0.0512 e. The molecule has 0 radical (unpaired) electrons. The van der Waals surface area contributed by atoms with E-state index in [2.05, 4.69) is 20.8 Å². The van der Waals surface area contributed by atoms with Gasteiger partial charge in [-0.3, -0.25) is 0 Å². The quantitative estimate of drug-likeness (QED) is 0.334. The number of hydrogen-bond donors (Lipinski definition) is 1. The molecular weight excluding hydrogens is 256 g/mol.